The lowest BCUT2D eigenvalue weighted by Gasteiger charge is -2.34. The summed E-state index contributed by atoms with van der Waals surface area (Å²) in [5.41, 5.74) is 7.96. The molecule has 1 aliphatic rings. The molecule has 1 fully saturated rings. The van der Waals surface area contributed by atoms with Crippen molar-refractivity contribution in [1.29, 1.82) is 0 Å². The van der Waals surface area contributed by atoms with E-state index in [-0.39, 0.29) is 11.9 Å². The van der Waals surface area contributed by atoms with Gasteiger partial charge in [-0.25, -0.2) is 9.97 Å². The van der Waals surface area contributed by atoms with Crippen LogP contribution in [0.2, 0.25) is 0 Å². The number of anilines is 2. The Kier molecular flexibility index (Phi) is 6.12. The van der Waals surface area contributed by atoms with Crippen LogP contribution in [-0.2, 0) is 4.79 Å². The Morgan fingerprint density at radius 1 is 1.13 bits per heavy atom. The highest BCUT2D eigenvalue weighted by molar-refractivity contribution is 5.87. The van der Waals surface area contributed by atoms with Crippen molar-refractivity contribution in [3.05, 3.63) is 73.6 Å². The molecule has 0 saturated carbocycles. The number of hydrogen-bond donors (Lipinski definition) is 2. The second-order valence-electron chi connectivity index (χ2n) is 7.39. The number of nitrogens with two attached hydrogens (primary N) is 1. The number of rotatable bonds is 6. The van der Waals surface area contributed by atoms with E-state index >= 15 is 0 Å². The van der Waals surface area contributed by atoms with Gasteiger partial charge >= 0.3 is 0 Å². The zero-order chi connectivity index (χ0) is 21.6. The molecule has 1 unspecified atom stereocenters. The summed E-state index contributed by atoms with van der Waals surface area (Å²) in [7, 11) is 0. The molecule has 2 aromatic carbocycles. The number of carbonyl (C=O) groups is 1. The Morgan fingerprint density at radius 3 is 2.61 bits per heavy atom. The molecule has 3 aromatic rings. The van der Waals surface area contributed by atoms with Crippen LogP contribution in [-0.4, -0.2) is 35.0 Å². The van der Waals surface area contributed by atoms with Crippen LogP contribution >= 0.6 is 0 Å². The van der Waals surface area contributed by atoms with Crippen LogP contribution in [0.15, 0.2) is 73.6 Å². The highest BCUT2D eigenvalue weighted by Gasteiger charge is 2.25. The maximum Gasteiger partial charge on any atom is 0.243 e. The van der Waals surface area contributed by atoms with E-state index in [1.54, 1.807) is 0 Å². The van der Waals surface area contributed by atoms with Crippen LogP contribution in [0.4, 0.5) is 11.6 Å². The minimum Gasteiger partial charge on any atom is -0.457 e. The minimum absolute atomic E-state index is 0.0324. The average molecular weight is 415 g/mol. The number of amides is 1. The Bertz CT molecular complexity index is 1050. The molecule has 7 nitrogen and oxygen atoms in total. The van der Waals surface area contributed by atoms with Crippen LogP contribution in [0.3, 0.4) is 0 Å². The van der Waals surface area contributed by atoms with E-state index in [0.29, 0.717) is 12.4 Å². The zero-order valence-electron chi connectivity index (χ0n) is 17.2. The fourth-order valence-corrected chi connectivity index (χ4v) is 3.77. The van der Waals surface area contributed by atoms with Crippen molar-refractivity contribution in [2.45, 2.75) is 18.9 Å². The molecule has 0 radical (unpaired) electrons. The van der Waals surface area contributed by atoms with Gasteiger partial charge in [0.15, 0.2) is 0 Å². The van der Waals surface area contributed by atoms with Crippen LogP contribution in [0.25, 0.3) is 11.1 Å². The lowest BCUT2D eigenvalue weighted by Crippen LogP contribution is -2.47. The van der Waals surface area contributed by atoms with Crippen LogP contribution in [0.5, 0.6) is 11.5 Å². The van der Waals surface area contributed by atoms with Crippen LogP contribution < -0.4 is 20.7 Å². The lowest BCUT2D eigenvalue weighted by atomic mass is 10.0. The number of aromatic nitrogens is 2. The van der Waals surface area contributed by atoms with Crippen molar-refractivity contribution in [2.75, 3.05) is 23.7 Å². The maximum absolute atomic E-state index is 11.7. The molecular formula is C24H25N5O2. The fraction of sp³-hybridized carbons (Fsp3) is 0.208. The van der Waals surface area contributed by atoms with E-state index in [1.807, 2.05) is 54.6 Å². The molecule has 0 spiro atoms. The largest absolute Gasteiger partial charge is 0.457 e. The first kappa shape index (κ1) is 20.4. The lowest BCUT2D eigenvalue weighted by molar-refractivity contribution is -0.117. The Balaban J connectivity index is 1.58. The van der Waals surface area contributed by atoms with Gasteiger partial charge < -0.3 is 20.7 Å². The smallest absolute Gasteiger partial charge is 0.243 e. The highest BCUT2D eigenvalue weighted by Crippen LogP contribution is 2.35. The van der Waals surface area contributed by atoms with E-state index in [9.17, 15) is 4.79 Å². The molecule has 4 rings (SSSR count). The number of nitrogens with one attached hydrogen (secondary N) is 1. The van der Waals surface area contributed by atoms with Crippen molar-refractivity contribution in [1.82, 2.24) is 15.3 Å². The van der Waals surface area contributed by atoms with Crippen molar-refractivity contribution < 1.29 is 9.53 Å². The summed E-state index contributed by atoms with van der Waals surface area (Å²) in [5.74, 6) is 2.53. The first-order valence-corrected chi connectivity index (χ1v) is 10.3. The molecule has 2 heterocycles. The molecule has 7 heteroatoms. The monoisotopic (exact) mass is 415 g/mol. The second kappa shape index (κ2) is 9.30. The van der Waals surface area contributed by atoms with E-state index in [0.717, 1.165) is 47.8 Å². The van der Waals surface area contributed by atoms with Gasteiger partial charge in [0.05, 0.1) is 5.56 Å². The summed E-state index contributed by atoms with van der Waals surface area (Å²) in [6, 6.07) is 17.4. The number of para-hydroxylation sites is 1. The van der Waals surface area contributed by atoms with Crippen molar-refractivity contribution in [3.8, 4) is 22.6 Å². The number of benzene rings is 2. The van der Waals surface area contributed by atoms with Crippen LogP contribution in [0, 0.1) is 0 Å². The number of nitrogen functional groups attached to an aromatic ring is 1. The number of nitrogens with zero attached hydrogens (tertiary/aromatic N) is 3. The Labute approximate surface area is 181 Å². The SMILES string of the molecule is C=CC(=O)NC1CCCN(c2ncnc(N)c2-c2ccc(Oc3ccccc3)cc2)C1. The highest BCUT2D eigenvalue weighted by atomic mass is 16.5. The van der Waals surface area contributed by atoms with Crippen LogP contribution in [0.1, 0.15) is 12.8 Å². The van der Waals surface area contributed by atoms with Gasteiger partial charge in [-0.2, -0.15) is 0 Å². The summed E-state index contributed by atoms with van der Waals surface area (Å²) < 4.78 is 5.89. The van der Waals surface area contributed by atoms with Gasteiger partial charge in [-0.1, -0.05) is 36.9 Å². The zero-order valence-corrected chi connectivity index (χ0v) is 17.2. The number of piperidine rings is 1. The van der Waals surface area contributed by atoms with Crippen molar-refractivity contribution in [3.63, 3.8) is 0 Å². The van der Waals surface area contributed by atoms with Gasteiger partial charge in [0, 0.05) is 19.1 Å². The van der Waals surface area contributed by atoms with E-state index in [4.69, 9.17) is 10.5 Å². The quantitative estimate of drug-likeness (QED) is 0.595. The second-order valence-corrected chi connectivity index (χ2v) is 7.39. The molecule has 1 saturated heterocycles. The maximum atomic E-state index is 11.7. The minimum atomic E-state index is -0.164. The van der Waals surface area contributed by atoms with E-state index in [1.165, 1.54) is 12.4 Å². The van der Waals surface area contributed by atoms with Gasteiger partial charge in [0.1, 0.15) is 29.5 Å². The topological polar surface area (TPSA) is 93.4 Å². The molecular weight excluding hydrogens is 390 g/mol. The van der Waals surface area contributed by atoms with Gasteiger partial charge in [0.25, 0.3) is 0 Å². The third-order valence-corrected chi connectivity index (χ3v) is 5.23. The molecule has 158 valence electrons. The Hall–Kier alpha value is -3.87. The van der Waals surface area contributed by atoms with Gasteiger partial charge in [-0.15, -0.1) is 0 Å². The number of carbonyl (C=O) groups excluding carboxylic acids is 1. The molecule has 1 atom stereocenters. The molecule has 1 amide bonds. The third-order valence-electron chi connectivity index (χ3n) is 5.23. The molecule has 31 heavy (non-hydrogen) atoms. The fourth-order valence-electron chi connectivity index (χ4n) is 3.77. The molecule has 3 N–H and O–H groups in total. The standard InChI is InChI=1S/C24H25N5O2/c1-2-21(30)28-18-7-6-14-29(15-18)24-22(23(25)26-16-27-24)17-10-12-20(13-11-17)31-19-8-4-3-5-9-19/h2-5,8-13,16,18H,1,6-7,14-15H2,(H,28,30)(H2,25,26,27). The summed E-state index contributed by atoms with van der Waals surface area (Å²) in [6.07, 6.45) is 4.63. The van der Waals surface area contributed by atoms with E-state index < -0.39 is 0 Å². The summed E-state index contributed by atoms with van der Waals surface area (Å²) in [4.78, 5) is 22.6. The number of hydrogen-bond acceptors (Lipinski definition) is 6. The van der Waals surface area contributed by atoms with Gasteiger partial charge in [0.2, 0.25) is 5.91 Å². The van der Waals surface area contributed by atoms with Gasteiger partial charge in [-0.05, 0) is 48.7 Å². The average Bonchev–Trinajstić information content (AvgIpc) is 2.80. The molecule has 0 bridgehead atoms. The molecule has 1 aliphatic heterocycles. The molecule has 0 aliphatic carbocycles. The van der Waals surface area contributed by atoms with Crippen molar-refractivity contribution >= 4 is 17.5 Å². The summed E-state index contributed by atoms with van der Waals surface area (Å²) >= 11 is 0. The first-order chi connectivity index (χ1) is 15.1. The summed E-state index contributed by atoms with van der Waals surface area (Å²) in [5, 5.41) is 2.98. The van der Waals surface area contributed by atoms with Crippen molar-refractivity contribution in [2.24, 2.45) is 0 Å². The predicted molar refractivity (Wildman–Crippen MR) is 122 cm³/mol. The Morgan fingerprint density at radius 2 is 1.87 bits per heavy atom. The predicted octanol–water partition coefficient (Wildman–Crippen LogP) is 3.79. The van der Waals surface area contributed by atoms with Gasteiger partial charge in [-0.3, -0.25) is 4.79 Å². The summed E-state index contributed by atoms with van der Waals surface area (Å²) in [6.45, 7) is 5.01. The van der Waals surface area contributed by atoms with E-state index in [2.05, 4.69) is 26.8 Å². The molecule has 1 aromatic heterocycles. The number of ether oxygens (including phenoxy) is 1. The first-order valence-electron chi connectivity index (χ1n) is 10.3. The third kappa shape index (κ3) is 4.83. The normalized spacial score (nSPS) is 15.9.